The van der Waals surface area contributed by atoms with Gasteiger partial charge in [0.1, 0.15) is 5.75 Å². The normalized spacial score (nSPS) is 30.0. The first-order valence-corrected chi connectivity index (χ1v) is 8.53. The lowest BCUT2D eigenvalue weighted by Crippen LogP contribution is -2.48. The Bertz CT molecular complexity index is 468. The molecule has 2 fully saturated rings. The Kier molecular flexibility index (Phi) is 4.69. The minimum atomic E-state index is 0.392. The van der Waals surface area contributed by atoms with E-state index in [1.54, 1.807) is 0 Å². The fourth-order valence-corrected chi connectivity index (χ4v) is 3.98. The number of phenolic OH excluding ortho intramolecular Hbond substituents is 1. The smallest absolute Gasteiger partial charge is 0.120 e. The molecule has 1 aliphatic carbocycles. The maximum absolute atomic E-state index is 9.89. The van der Waals surface area contributed by atoms with Crippen molar-refractivity contribution in [2.45, 2.75) is 64.0 Å². The Morgan fingerprint density at radius 1 is 1.10 bits per heavy atom. The number of benzene rings is 1. The third-order valence-electron chi connectivity index (χ3n) is 5.25. The number of aromatic hydroxyl groups is 1. The van der Waals surface area contributed by atoms with Crippen molar-refractivity contribution >= 4 is 5.69 Å². The van der Waals surface area contributed by atoms with E-state index in [2.05, 4.69) is 16.7 Å². The Hall–Kier alpha value is -1.22. The van der Waals surface area contributed by atoms with Crippen LogP contribution in [0.25, 0.3) is 0 Å². The molecule has 21 heavy (non-hydrogen) atoms. The minimum Gasteiger partial charge on any atom is -0.508 e. The van der Waals surface area contributed by atoms with Gasteiger partial charge in [-0.2, -0.15) is 0 Å². The van der Waals surface area contributed by atoms with Crippen molar-refractivity contribution in [3.8, 4) is 5.75 Å². The van der Waals surface area contributed by atoms with Crippen molar-refractivity contribution in [1.82, 2.24) is 5.32 Å². The van der Waals surface area contributed by atoms with E-state index in [1.165, 1.54) is 51.5 Å². The molecule has 2 aliphatic rings. The van der Waals surface area contributed by atoms with Crippen LogP contribution in [0.3, 0.4) is 0 Å². The summed E-state index contributed by atoms with van der Waals surface area (Å²) in [5, 5.41) is 17.3. The highest BCUT2D eigenvalue weighted by atomic mass is 16.3. The van der Waals surface area contributed by atoms with Crippen LogP contribution in [0.5, 0.6) is 5.75 Å². The molecule has 0 bridgehead atoms. The van der Waals surface area contributed by atoms with Crippen LogP contribution in [-0.2, 0) is 0 Å². The van der Waals surface area contributed by atoms with Gasteiger partial charge in [-0.1, -0.05) is 25.3 Å². The van der Waals surface area contributed by atoms with Gasteiger partial charge in [0.15, 0.2) is 0 Å². The van der Waals surface area contributed by atoms with Crippen LogP contribution in [0.1, 0.15) is 50.5 Å². The van der Waals surface area contributed by atoms with Gasteiger partial charge in [-0.05, 0) is 56.7 Å². The van der Waals surface area contributed by atoms with Crippen LogP contribution in [0.2, 0.25) is 0 Å². The number of aryl methyl sites for hydroxylation is 1. The molecule has 1 aromatic carbocycles. The Morgan fingerprint density at radius 2 is 1.90 bits per heavy atom. The lowest BCUT2D eigenvalue weighted by atomic mass is 9.77. The van der Waals surface area contributed by atoms with E-state index >= 15 is 0 Å². The zero-order chi connectivity index (χ0) is 14.7. The third kappa shape index (κ3) is 3.52. The summed E-state index contributed by atoms with van der Waals surface area (Å²) in [7, 11) is 0. The van der Waals surface area contributed by atoms with Gasteiger partial charge in [0.05, 0.1) is 0 Å². The highest BCUT2D eigenvalue weighted by molar-refractivity contribution is 5.51. The average Bonchev–Trinajstić information content (AvgIpc) is 2.52. The molecule has 3 nitrogen and oxygen atoms in total. The topological polar surface area (TPSA) is 44.3 Å². The minimum absolute atomic E-state index is 0.392. The molecule has 3 N–H and O–H groups in total. The highest BCUT2D eigenvalue weighted by Crippen LogP contribution is 2.33. The third-order valence-corrected chi connectivity index (χ3v) is 5.25. The van der Waals surface area contributed by atoms with E-state index in [0.717, 1.165) is 17.2 Å². The fraction of sp³-hybridized carbons (Fsp3) is 0.667. The standard InChI is InChI=1S/C18H28N2O/c1-13-9-10-14(12-18(13)21)20-17-8-3-2-6-15(17)16-7-4-5-11-19-16/h9-10,12,15-17,19-21H,2-8,11H2,1H3. The van der Waals surface area contributed by atoms with Gasteiger partial charge in [-0.15, -0.1) is 0 Å². The molecule has 3 unspecified atom stereocenters. The first kappa shape index (κ1) is 14.7. The van der Waals surface area contributed by atoms with Crippen molar-refractivity contribution in [2.75, 3.05) is 11.9 Å². The second-order valence-electron chi connectivity index (χ2n) is 6.76. The predicted molar refractivity (Wildman–Crippen MR) is 87.9 cm³/mol. The van der Waals surface area contributed by atoms with Gasteiger partial charge in [0.2, 0.25) is 0 Å². The molecular formula is C18H28N2O. The summed E-state index contributed by atoms with van der Waals surface area (Å²) in [6.45, 7) is 3.12. The molecule has 3 heteroatoms. The zero-order valence-electron chi connectivity index (χ0n) is 13.1. The molecule has 0 aromatic heterocycles. The molecule has 1 aromatic rings. The van der Waals surface area contributed by atoms with Crippen LogP contribution in [-0.4, -0.2) is 23.7 Å². The van der Waals surface area contributed by atoms with Crippen molar-refractivity contribution in [1.29, 1.82) is 0 Å². The second-order valence-corrected chi connectivity index (χ2v) is 6.76. The van der Waals surface area contributed by atoms with Crippen LogP contribution in [0.4, 0.5) is 5.69 Å². The summed E-state index contributed by atoms with van der Waals surface area (Å²) in [6, 6.07) is 7.17. The predicted octanol–water partition coefficient (Wildman–Crippen LogP) is 3.81. The molecular weight excluding hydrogens is 260 g/mol. The van der Waals surface area contributed by atoms with Gasteiger partial charge in [-0.25, -0.2) is 0 Å². The monoisotopic (exact) mass is 288 g/mol. The van der Waals surface area contributed by atoms with Crippen LogP contribution < -0.4 is 10.6 Å². The number of nitrogens with one attached hydrogen (secondary N) is 2. The summed E-state index contributed by atoms with van der Waals surface area (Å²) in [6.07, 6.45) is 9.27. The first-order chi connectivity index (χ1) is 10.2. The highest BCUT2D eigenvalue weighted by Gasteiger charge is 2.32. The Balaban J connectivity index is 1.69. The molecule has 1 heterocycles. The van der Waals surface area contributed by atoms with Crippen molar-refractivity contribution in [3.63, 3.8) is 0 Å². The van der Waals surface area contributed by atoms with E-state index in [9.17, 15) is 5.11 Å². The summed E-state index contributed by atoms with van der Waals surface area (Å²) < 4.78 is 0. The molecule has 1 saturated heterocycles. The van der Waals surface area contributed by atoms with Crippen molar-refractivity contribution in [3.05, 3.63) is 23.8 Å². The summed E-state index contributed by atoms with van der Waals surface area (Å²) in [5.74, 6) is 1.12. The van der Waals surface area contributed by atoms with Gasteiger partial charge in [0, 0.05) is 23.8 Å². The summed E-state index contributed by atoms with van der Waals surface area (Å²) in [5.41, 5.74) is 2.00. The largest absolute Gasteiger partial charge is 0.508 e. The van der Waals surface area contributed by atoms with E-state index < -0.39 is 0 Å². The van der Waals surface area contributed by atoms with E-state index in [4.69, 9.17) is 0 Å². The average molecular weight is 288 g/mol. The van der Waals surface area contributed by atoms with E-state index in [1.807, 2.05) is 19.1 Å². The van der Waals surface area contributed by atoms with Crippen molar-refractivity contribution < 1.29 is 5.11 Å². The number of anilines is 1. The number of piperidine rings is 1. The Labute approximate surface area is 128 Å². The van der Waals surface area contributed by atoms with E-state index in [-0.39, 0.29) is 0 Å². The fourth-order valence-electron chi connectivity index (χ4n) is 3.98. The van der Waals surface area contributed by atoms with Crippen LogP contribution in [0, 0.1) is 12.8 Å². The molecule has 1 saturated carbocycles. The molecule has 1 aliphatic heterocycles. The van der Waals surface area contributed by atoms with E-state index in [0.29, 0.717) is 17.8 Å². The lowest BCUT2D eigenvalue weighted by Gasteiger charge is -2.40. The number of rotatable bonds is 3. The number of hydrogen-bond donors (Lipinski definition) is 3. The molecule has 0 radical (unpaired) electrons. The maximum Gasteiger partial charge on any atom is 0.120 e. The Morgan fingerprint density at radius 3 is 2.67 bits per heavy atom. The maximum atomic E-state index is 9.89. The summed E-state index contributed by atoms with van der Waals surface area (Å²) in [4.78, 5) is 0. The molecule has 0 amide bonds. The van der Waals surface area contributed by atoms with Gasteiger partial charge in [-0.3, -0.25) is 0 Å². The quantitative estimate of drug-likeness (QED) is 0.792. The first-order valence-electron chi connectivity index (χ1n) is 8.53. The van der Waals surface area contributed by atoms with Gasteiger partial charge >= 0.3 is 0 Å². The number of phenols is 1. The molecule has 3 atom stereocenters. The van der Waals surface area contributed by atoms with Crippen LogP contribution in [0.15, 0.2) is 18.2 Å². The molecule has 116 valence electrons. The van der Waals surface area contributed by atoms with Crippen LogP contribution >= 0.6 is 0 Å². The van der Waals surface area contributed by atoms with Crippen molar-refractivity contribution in [2.24, 2.45) is 5.92 Å². The summed E-state index contributed by atoms with van der Waals surface area (Å²) >= 11 is 0. The van der Waals surface area contributed by atoms with Gasteiger partial charge < -0.3 is 15.7 Å². The molecule has 3 rings (SSSR count). The molecule has 0 spiro atoms. The SMILES string of the molecule is Cc1ccc(NC2CCCCC2C2CCCCN2)cc1O. The van der Waals surface area contributed by atoms with Gasteiger partial charge in [0.25, 0.3) is 0 Å². The zero-order valence-corrected chi connectivity index (χ0v) is 13.1. The lowest BCUT2D eigenvalue weighted by molar-refractivity contribution is 0.217. The number of hydrogen-bond acceptors (Lipinski definition) is 3. The second kappa shape index (κ2) is 6.69.